The van der Waals surface area contributed by atoms with Crippen LogP contribution < -0.4 is 5.32 Å². The fraction of sp³-hybridized carbons (Fsp3) is 0.429. The number of rotatable bonds is 4. The molecule has 1 atom stereocenters. The highest BCUT2D eigenvalue weighted by atomic mass is 32.2. The summed E-state index contributed by atoms with van der Waals surface area (Å²) in [6.45, 7) is 5.16. The highest BCUT2D eigenvalue weighted by Gasteiger charge is 2.26. The van der Waals surface area contributed by atoms with E-state index in [9.17, 15) is 14.7 Å². The molecular formula is C14H19NO4S. The Morgan fingerprint density at radius 3 is 2.40 bits per heavy atom. The Kier molecular flexibility index (Phi) is 5.44. The maximum absolute atomic E-state index is 11.7. The summed E-state index contributed by atoms with van der Waals surface area (Å²) in [4.78, 5) is 23.9. The summed E-state index contributed by atoms with van der Waals surface area (Å²) in [5.74, 6) is -1.13. The van der Waals surface area contributed by atoms with Gasteiger partial charge >= 0.3 is 12.1 Å². The van der Waals surface area contributed by atoms with Crippen molar-refractivity contribution >= 4 is 23.8 Å². The standard InChI is InChI=1S/C14H19NO4S/c1-14(2,3)19-13(18)15-11(12(16)17)9-7-5-6-8-10(9)20-4/h5-8,11H,1-4H3,(H,15,18)(H,16,17). The minimum Gasteiger partial charge on any atom is -0.479 e. The number of nitrogens with one attached hydrogen (secondary N) is 1. The summed E-state index contributed by atoms with van der Waals surface area (Å²) in [5.41, 5.74) is -0.134. The maximum atomic E-state index is 11.7. The summed E-state index contributed by atoms with van der Waals surface area (Å²) in [5, 5.41) is 11.7. The van der Waals surface area contributed by atoms with Crippen LogP contribution in [0.1, 0.15) is 32.4 Å². The summed E-state index contributed by atoms with van der Waals surface area (Å²) >= 11 is 1.43. The Morgan fingerprint density at radius 2 is 1.90 bits per heavy atom. The average Bonchev–Trinajstić information content (AvgIpc) is 2.33. The molecule has 0 aromatic heterocycles. The molecule has 0 bridgehead atoms. The van der Waals surface area contributed by atoms with Crippen LogP contribution >= 0.6 is 11.8 Å². The second kappa shape index (κ2) is 6.65. The van der Waals surface area contributed by atoms with Crippen LogP contribution in [0.25, 0.3) is 0 Å². The summed E-state index contributed by atoms with van der Waals surface area (Å²) in [6.07, 6.45) is 1.10. The number of amides is 1. The summed E-state index contributed by atoms with van der Waals surface area (Å²) in [6, 6.07) is 5.92. The third kappa shape index (κ3) is 4.77. The minimum absolute atomic E-state index is 0.540. The van der Waals surface area contributed by atoms with Crippen LogP contribution in [-0.2, 0) is 9.53 Å². The molecular weight excluding hydrogens is 278 g/mol. The molecule has 0 radical (unpaired) electrons. The van der Waals surface area contributed by atoms with Crippen molar-refractivity contribution in [1.29, 1.82) is 0 Å². The molecule has 0 heterocycles. The van der Waals surface area contributed by atoms with Crippen LogP contribution in [0.2, 0.25) is 0 Å². The van der Waals surface area contributed by atoms with Gasteiger partial charge in [0.15, 0.2) is 6.04 Å². The van der Waals surface area contributed by atoms with Gasteiger partial charge in [0.05, 0.1) is 0 Å². The van der Waals surface area contributed by atoms with Gasteiger partial charge in [-0.1, -0.05) is 18.2 Å². The zero-order valence-corrected chi connectivity index (χ0v) is 12.8. The van der Waals surface area contributed by atoms with Gasteiger partial charge in [-0.05, 0) is 38.7 Å². The van der Waals surface area contributed by atoms with Crippen molar-refractivity contribution in [3.8, 4) is 0 Å². The molecule has 110 valence electrons. The molecule has 1 aromatic rings. The molecule has 0 aliphatic rings. The van der Waals surface area contributed by atoms with Gasteiger partial charge in [-0.15, -0.1) is 11.8 Å². The number of carbonyl (C=O) groups is 2. The SMILES string of the molecule is CSc1ccccc1C(NC(=O)OC(C)(C)C)C(=O)O. The predicted octanol–water partition coefficient (Wildman–Crippen LogP) is 3.06. The second-order valence-corrected chi connectivity index (χ2v) is 6.01. The summed E-state index contributed by atoms with van der Waals surface area (Å²) in [7, 11) is 0. The second-order valence-electron chi connectivity index (χ2n) is 5.16. The molecule has 2 N–H and O–H groups in total. The first kappa shape index (κ1) is 16.4. The van der Waals surface area contributed by atoms with E-state index in [1.165, 1.54) is 11.8 Å². The number of carboxylic acids is 1. The van der Waals surface area contributed by atoms with Gasteiger partial charge in [0.25, 0.3) is 0 Å². The Balaban J connectivity index is 2.96. The first-order valence-electron chi connectivity index (χ1n) is 6.10. The number of hydrogen-bond donors (Lipinski definition) is 2. The number of ether oxygens (including phenoxy) is 1. The molecule has 0 spiro atoms. The quantitative estimate of drug-likeness (QED) is 0.835. The lowest BCUT2D eigenvalue weighted by Gasteiger charge is -2.22. The fourth-order valence-corrected chi connectivity index (χ4v) is 2.24. The van der Waals surface area contributed by atoms with Crippen LogP contribution in [0.15, 0.2) is 29.2 Å². The number of carboxylic acid groups (broad SMARTS) is 1. The van der Waals surface area contributed by atoms with E-state index in [0.29, 0.717) is 5.56 Å². The van der Waals surface area contributed by atoms with Crippen molar-refractivity contribution in [1.82, 2.24) is 5.32 Å². The largest absolute Gasteiger partial charge is 0.479 e. The predicted molar refractivity (Wildman–Crippen MR) is 78.0 cm³/mol. The highest BCUT2D eigenvalue weighted by Crippen LogP contribution is 2.26. The van der Waals surface area contributed by atoms with Crippen LogP contribution in [-0.4, -0.2) is 29.0 Å². The lowest BCUT2D eigenvalue weighted by Crippen LogP contribution is -2.38. The maximum Gasteiger partial charge on any atom is 0.408 e. The fourth-order valence-electron chi connectivity index (χ4n) is 1.60. The molecule has 6 heteroatoms. The molecule has 0 fully saturated rings. The molecule has 1 unspecified atom stereocenters. The van der Waals surface area contributed by atoms with Crippen LogP contribution in [0, 0.1) is 0 Å². The molecule has 1 amide bonds. The molecule has 0 saturated heterocycles. The number of benzene rings is 1. The van der Waals surface area contributed by atoms with Gasteiger partial charge in [-0.2, -0.15) is 0 Å². The number of thioether (sulfide) groups is 1. The topological polar surface area (TPSA) is 75.6 Å². The number of alkyl carbamates (subject to hydrolysis) is 1. The first-order valence-corrected chi connectivity index (χ1v) is 7.32. The van der Waals surface area contributed by atoms with Crippen LogP contribution in [0.5, 0.6) is 0 Å². The third-order valence-corrected chi connectivity index (χ3v) is 3.17. The average molecular weight is 297 g/mol. The van der Waals surface area contributed by atoms with Crippen molar-refractivity contribution in [3.05, 3.63) is 29.8 Å². The van der Waals surface area contributed by atoms with Gasteiger partial charge in [0.2, 0.25) is 0 Å². The Hall–Kier alpha value is -1.69. The zero-order valence-electron chi connectivity index (χ0n) is 12.0. The van der Waals surface area contributed by atoms with Gasteiger partial charge in [0, 0.05) is 4.90 Å². The van der Waals surface area contributed by atoms with E-state index in [-0.39, 0.29) is 0 Å². The third-order valence-electron chi connectivity index (χ3n) is 2.36. The van der Waals surface area contributed by atoms with E-state index < -0.39 is 23.7 Å². The highest BCUT2D eigenvalue weighted by molar-refractivity contribution is 7.98. The van der Waals surface area contributed by atoms with Crippen molar-refractivity contribution < 1.29 is 19.4 Å². The Bertz CT molecular complexity index is 496. The molecule has 0 saturated carbocycles. The monoisotopic (exact) mass is 297 g/mol. The van der Waals surface area contributed by atoms with Gasteiger partial charge in [-0.25, -0.2) is 9.59 Å². The molecule has 1 rings (SSSR count). The van der Waals surface area contributed by atoms with Crippen molar-refractivity contribution in [2.45, 2.75) is 37.3 Å². The number of carbonyl (C=O) groups excluding carboxylic acids is 1. The van der Waals surface area contributed by atoms with Gasteiger partial charge < -0.3 is 15.2 Å². The van der Waals surface area contributed by atoms with Gasteiger partial charge in [0.1, 0.15) is 5.60 Å². The number of hydrogen-bond acceptors (Lipinski definition) is 4. The lowest BCUT2D eigenvalue weighted by molar-refractivity contribution is -0.139. The van der Waals surface area contributed by atoms with E-state index in [1.54, 1.807) is 32.9 Å². The molecule has 0 aliphatic heterocycles. The molecule has 1 aromatic carbocycles. The van der Waals surface area contributed by atoms with Crippen LogP contribution in [0.3, 0.4) is 0 Å². The molecule has 20 heavy (non-hydrogen) atoms. The lowest BCUT2D eigenvalue weighted by atomic mass is 10.1. The number of aliphatic carboxylic acids is 1. The van der Waals surface area contributed by atoms with Crippen molar-refractivity contribution in [3.63, 3.8) is 0 Å². The first-order chi connectivity index (χ1) is 9.24. The summed E-state index contributed by atoms with van der Waals surface area (Å²) < 4.78 is 5.09. The molecule has 5 nitrogen and oxygen atoms in total. The smallest absolute Gasteiger partial charge is 0.408 e. The Morgan fingerprint density at radius 1 is 1.30 bits per heavy atom. The zero-order chi connectivity index (χ0) is 15.3. The van der Waals surface area contributed by atoms with E-state index in [4.69, 9.17) is 4.74 Å². The van der Waals surface area contributed by atoms with E-state index in [1.807, 2.05) is 18.4 Å². The van der Waals surface area contributed by atoms with E-state index in [0.717, 1.165) is 4.90 Å². The normalized spacial score (nSPS) is 12.6. The van der Waals surface area contributed by atoms with Gasteiger partial charge in [-0.3, -0.25) is 0 Å². The van der Waals surface area contributed by atoms with E-state index in [2.05, 4.69) is 5.32 Å². The van der Waals surface area contributed by atoms with Crippen LogP contribution in [0.4, 0.5) is 4.79 Å². The van der Waals surface area contributed by atoms with Crippen molar-refractivity contribution in [2.75, 3.05) is 6.26 Å². The van der Waals surface area contributed by atoms with E-state index >= 15 is 0 Å². The Labute approximate surface area is 122 Å². The van der Waals surface area contributed by atoms with Crippen molar-refractivity contribution in [2.24, 2.45) is 0 Å². The minimum atomic E-state index is -1.13. The molecule has 0 aliphatic carbocycles.